The van der Waals surface area contributed by atoms with E-state index < -0.39 is 0 Å². The summed E-state index contributed by atoms with van der Waals surface area (Å²) in [5.74, 6) is 0.558. The molecule has 0 bridgehead atoms. The topological polar surface area (TPSA) is 95.5 Å². The number of hydrogen-bond acceptors (Lipinski definition) is 5. The van der Waals surface area contributed by atoms with Crippen LogP contribution in [0.4, 0.5) is 4.79 Å². The Bertz CT molecular complexity index is 553. The Balaban J connectivity index is 1.90. The maximum absolute atomic E-state index is 11.9. The first kappa shape index (κ1) is 22.3. The predicted molar refractivity (Wildman–Crippen MR) is 107 cm³/mol. The van der Waals surface area contributed by atoms with Crippen LogP contribution in [-0.2, 0) is 14.3 Å². The molecule has 1 atom stereocenters. The van der Waals surface area contributed by atoms with Crippen LogP contribution >= 0.6 is 0 Å². The number of nitrogens with one attached hydrogen (secondary N) is 2. The number of nitrogens with zero attached hydrogens (tertiary/aromatic N) is 3. The highest BCUT2D eigenvalue weighted by Gasteiger charge is 2.30. The summed E-state index contributed by atoms with van der Waals surface area (Å²) in [5.41, 5.74) is -0.207. The number of rotatable bonds is 6. The molecule has 0 aromatic rings. The van der Waals surface area contributed by atoms with Crippen molar-refractivity contribution in [2.45, 2.75) is 51.2 Å². The zero-order chi connectivity index (χ0) is 20.6. The normalized spacial score (nSPS) is 23.4. The third-order valence-corrected chi connectivity index (χ3v) is 5.16. The summed E-state index contributed by atoms with van der Waals surface area (Å²) in [6.45, 7) is 7.07. The summed E-state index contributed by atoms with van der Waals surface area (Å²) in [6, 6.07) is 0.184. The average Bonchev–Trinajstić information content (AvgIpc) is 3.11. The molecular formula is C19H35N5O4. The first-order chi connectivity index (χ1) is 13.3. The van der Waals surface area contributed by atoms with E-state index in [1.807, 2.05) is 6.92 Å². The fourth-order valence-electron chi connectivity index (χ4n) is 3.30. The first-order valence-electron chi connectivity index (χ1n) is 10.1. The number of likely N-dealkylation sites (N-methyl/N-ethyl adjacent to an activating group) is 1. The SMILES string of the molecule is CCOC(=O)N1CCC(NC(=NCC(=O)N(C)C)NCC2(C)CCCO2)CC1. The van der Waals surface area contributed by atoms with Gasteiger partial charge < -0.3 is 29.9 Å². The largest absolute Gasteiger partial charge is 0.450 e. The molecule has 0 saturated carbocycles. The molecular weight excluding hydrogens is 362 g/mol. The second-order valence-electron chi connectivity index (χ2n) is 7.81. The fourth-order valence-corrected chi connectivity index (χ4v) is 3.30. The van der Waals surface area contributed by atoms with Crippen LogP contribution in [0.3, 0.4) is 0 Å². The Morgan fingerprint density at radius 1 is 1.32 bits per heavy atom. The van der Waals surface area contributed by atoms with Crippen molar-refractivity contribution in [2.75, 3.05) is 53.5 Å². The second kappa shape index (κ2) is 10.5. The smallest absolute Gasteiger partial charge is 0.409 e. The Morgan fingerprint density at radius 2 is 2.04 bits per heavy atom. The summed E-state index contributed by atoms with van der Waals surface area (Å²) < 4.78 is 10.9. The number of amides is 2. The van der Waals surface area contributed by atoms with Crippen molar-refractivity contribution >= 4 is 18.0 Å². The predicted octanol–water partition coefficient (Wildman–Crippen LogP) is 0.800. The van der Waals surface area contributed by atoms with E-state index >= 15 is 0 Å². The van der Waals surface area contributed by atoms with Crippen LogP contribution in [0.25, 0.3) is 0 Å². The van der Waals surface area contributed by atoms with Gasteiger partial charge in [0.25, 0.3) is 0 Å². The van der Waals surface area contributed by atoms with Crippen LogP contribution in [0.1, 0.15) is 39.5 Å². The van der Waals surface area contributed by atoms with Crippen molar-refractivity contribution in [3.63, 3.8) is 0 Å². The third-order valence-electron chi connectivity index (χ3n) is 5.16. The first-order valence-corrected chi connectivity index (χ1v) is 10.1. The Hall–Kier alpha value is -2.03. The fraction of sp³-hybridized carbons (Fsp3) is 0.842. The number of aliphatic imine (C=N–C) groups is 1. The second-order valence-corrected chi connectivity index (χ2v) is 7.81. The molecule has 160 valence electrons. The number of ether oxygens (including phenoxy) is 2. The molecule has 0 spiro atoms. The minimum Gasteiger partial charge on any atom is -0.450 e. The molecule has 2 amide bonds. The number of likely N-dealkylation sites (tertiary alicyclic amines) is 1. The Morgan fingerprint density at radius 3 is 2.61 bits per heavy atom. The number of carbonyl (C=O) groups excluding carboxylic acids is 2. The van der Waals surface area contributed by atoms with E-state index in [9.17, 15) is 9.59 Å². The molecule has 2 fully saturated rings. The number of guanidine groups is 1. The van der Waals surface area contributed by atoms with Gasteiger partial charge in [-0.05, 0) is 39.5 Å². The van der Waals surface area contributed by atoms with Crippen molar-refractivity contribution in [3.05, 3.63) is 0 Å². The van der Waals surface area contributed by atoms with Gasteiger partial charge in [-0.25, -0.2) is 9.79 Å². The third kappa shape index (κ3) is 6.85. The van der Waals surface area contributed by atoms with Gasteiger partial charge in [-0.15, -0.1) is 0 Å². The molecule has 28 heavy (non-hydrogen) atoms. The van der Waals surface area contributed by atoms with Gasteiger partial charge in [0.1, 0.15) is 6.54 Å². The van der Waals surface area contributed by atoms with Gasteiger partial charge in [0.05, 0.1) is 12.2 Å². The highest BCUT2D eigenvalue weighted by Crippen LogP contribution is 2.23. The molecule has 1 unspecified atom stereocenters. The van der Waals surface area contributed by atoms with Gasteiger partial charge in [0.15, 0.2) is 5.96 Å². The summed E-state index contributed by atoms with van der Waals surface area (Å²) in [4.78, 5) is 31.5. The van der Waals surface area contributed by atoms with Crippen LogP contribution < -0.4 is 10.6 Å². The minimum absolute atomic E-state index is 0.0541. The van der Waals surface area contributed by atoms with Crippen molar-refractivity contribution in [2.24, 2.45) is 4.99 Å². The maximum Gasteiger partial charge on any atom is 0.409 e. The molecule has 2 rings (SSSR count). The van der Waals surface area contributed by atoms with Gasteiger partial charge in [-0.2, -0.15) is 0 Å². The maximum atomic E-state index is 11.9. The minimum atomic E-state index is -0.254. The van der Waals surface area contributed by atoms with E-state index in [-0.39, 0.29) is 30.2 Å². The molecule has 2 aliphatic rings. The molecule has 2 saturated heterocycles. The lowest BCUT2D eigenvalue weighted by Gasteiger charge is -2.33. The lowest BCUT2D eigenvalue weighted by atomic mass is 10.0. The van der Waals surface area contributed by atoms with Gasteiger partial charge in [0, 0.05) is 46.4 Å². The number of carbonyl (C=O) groups is 2. The molecule has 2 N–H and O–H groups in total. The van der Waals surface area contributed by atoms with Crippen LogP contribution in [0.15, 0.2) is 4.99 Å². The molecule has 9 nitrogen and oxygen atoms in total. The van der Waals surface area contributed by atoms with Gasteiger partial charge in [-0.3, -0.25) is 4.79 Å². The Kier molecular flexibility index (Phi) is 8.35. The van der Waals surface area contributed by atoms with Crippen LogP contribution in [-0.4, -0.2) is 92.9 Å². The van der Waals surface area contributed by atoms with Crippen LogP contribution in [0.2, 0.25) is 0 Å². The van der Waals surface area contributed by atoms with Gasteiger partial charge >= 0.3 is 6.09 Å². The van der Waals surface area contributed by atoms with E-state index in [0.717, 1.165) is 32.3 Å². The van der Waals surface area contributed by atoms with Crippen molar-refractivity contribution in [3.8, 4) is 0 Å². The zero-order valence-corrected chi connectivity index (χ0v) is 17.6. The van der Waals surface area contributed by atoms with E-state index in [1.54, 1.807) is 19.0 Å². The summed E-state index contributed by atoms with van der Waals surface area (Å²) >= 11 is 0. The van der Waals surface area contributed by atoms with E-state index in [0.29, 0.717) is 32.2 Å². The highest BCUT2D eigenvalue weighted by molar-refractivity contribution is 5.85. The van der Waals surface area contributed by atoms with E-state index in [1.165, 1.54) is 4.90 Å². The lowest BCUT2D eigenvalue weighted by molar-refractivity contribution is -0.127. The summed E-state index contributed by atoms with van der Waals surface area (Å²) in [7, 11) is 3.44. The van der Waals surface area contributed by atoms with Crippen LogP contribution in [0, 0.1) is 0 Å². The molecule has 9 heteroatoms. The Labute approximate surface area is 167 Å². The lowest BCUT2D eigenvalue weighted by Crippen LogP contribution is -2.52. The van der Waals surface area contributed by atoms with Crippen molar-refractivity contribution in [1.29, 1.82) is 0 Å². The van der Waals surface area contributed by atoms with Crippen molar-refractivity contribution in [1.82, 2.24) is 20.4 Å². The van der Waals surface area contributed by atoms with Crippen LogP contribution in [0.5, 0.6) is 0 Å². The standard InChI is InChI=1S/C19H35N5O4/c1-5-27-18(26)24-10-7-15(8-11-24)22-17(20-13-16(25)23(3)4)21-14-19(2)9-6-12-28-19/h15H,5-14H2,1-4H3,(H2,20,21,22). The van der Waals surface area contributed by atoms with Gasteiger partial charge in [-0.1, -0.05) is 0 Å². The monoisotopic (exact) mass is 397 g/mol. The molecule has 0 aliphatic carbocycles. The highest BCUT2D eigenvalue weighted by atomic mass is 16.6. The summed E-state index contributed by atoms with van der Waals surface area (Å²) in [6.07, 6.45) is 3.41. The zero-order valence-electron chi connectivity index (χ0n) is 17.6. The molecule has 2 aliphatic heterocycles. The van der Waals surface area contributed by atoms with Gasteiger partial charge in [0.2, 0.25) is 5.91 Å². The molecule has 2 heterocycles. The molecule has 0 radical (unpaired) electrons. The van der Waals surface area contributed by atoms with E-state index in [4.69, 9.17) is 9.47 Å². The quantitative estimate of drug-likeness (QED) is 0.508. The molecule has 0 aromatic carbocycles. The van der Waals surface area contributed by atoms with Crippen molar-refractivity contribution < 1.29 is 19.1 Å². The number of piperidine rings is 1. The number of hydrogen-bond donors (Lipinski definition) is 2. The summed E-state index contributed by atoms with van der Waals surface area (Å²) in [5, 5.41) is 6.75. The molecule has 0 aromatic heterocycles. The van der Waals surface area contributed by atoms with E-state index in [2.05, 4.69) is 22.5 Å². The average molecular weight is 398 g/mol.